The fraction of sp³-hybridized carbons (Fsp3) is 0.192. The molecule has 158 valence electrons. The predicted octanol–water partition coefficient (Wildman–Crippen LogP) is 4.39. The molecule has 1 saturated heterocycles. The first-order chi connectivity index (χ1) is 15.4. The van der Waals surface area contributed by atoms with Crippen LogP contribution in [0.15, 0.2) is 71.2 Å². The SMILES string of the molecule is Cc1ccc(N2C(=O)C3C4c5ccccc5C(C(=O)O)(c5ccccc54)C3C2=O)c(Br)c1. The van der Waals surface area contributed by atoms with Crippen LogP contribution in [0, 0.1) is 18.8 Å². The number of hydrogen-bond acceptors (Lipinski definition) is 3. The molecule has 7 rings (SSSR count). The molecule has 2 unspecified atom stereocenters. The molecule has 0 radical (unpaired) electrons. The molecule has 3 aliphatic carbocycles. The van der Waals surface area contributed by atoms with E-state index in [-0.39, 0.29) is 11.8 Å². The minimum atomic E-state index is -1.61. The number of imide groups is 1. The number of carbonyl (C=O) groups excluding carboxylic acids is 2. The van der Waals surface area contributed by atoms with Gasteiger partial charge in [-0.25, -0.2) is 4.90 Å². The first-order valence-electron chi connectivity index (χ1n) is 10.4. The van der Waals surface area contributed by atoms with E-state index in [1.807, 2.05) is 43.3 Å². The number of anilines is 1. The molecule has 5 nitrogen and oxygen atoms in total. The van der Waals surface area contributed by atoms with Crippen molar-refractivity contribution in [2.24, 2.45) is 11.8 Å². The molecule has 2 atom stereocenters. The summed E-state index contributed by atoms with van der Waals surface area (Å²) < 4.78 is 0.629. The number of carbonyl (C=O) groups is 3. The maximum Gasteiger partial charge on any atom is 0.319 e. The van der Waals surface area contributed by atoms with Gasteiger partial charge in [0, 0.05) is 10.4 Å². The summed E-state index contributed by atoms with van der Waals surface area (Å²) in [7, 11) is 0. The highest BCUT2D eigenvalue weighted by atomic mass is 79.9. The monoisotopic (exact) mass is 487 g/mol. The zero-order chi connectivity index (χ0) is 22.4. The van der Waals surface area contributed by atoms with Crippen LogP contribution in [0.4, 0.5) is 5.69 Å². The molecule has 0 spiro atoms. The summed E-state index contributed by atoms with van der Waals surface area (Å²) >= 11 is 3.49. The van der Waals surface area contributed by atoms with Gasteiger partial charge in [-0.1, -0.05) is 54.6 Å². The summed E-state index contributed by atoms with van der Waals surface area (Å²) in [6.45, 7) is 1.93. The van der Waals surface area contributed by atoms with Crippen molar-refractivity contribution in [3.8, 4) is 0 Å². The number of aliphatic carboxylic acids is 1. The van der Waals surface area contributed by atoms with E-state index >= 15 is 0 Å². The van der Waals surface area contributed by atoms with Crippen LogP contribution in [-0.2, 0) is 19.8 Å². The van der Waals surface area contributed by atoms with Crippen molar-refractivity contribution in [3.63, 3.8) is 0 Å². The van der Waals surface area contributed by atoms with Crippen molar-refractivity contribution < 1.29 is 19.5 Å². The van der Waals surface area contributed by atoms with E-state index in [2.05, 4.69) is 15.9 Å². The Morgan fingerprint density at radius 2 is 1.53 bits per heavy atom. The van der Waals surface area contributed by atoms with Crippen molar-refractivity contribution in [1.29, 1.82) is 0 Å². The first kappa shape index (κ1) is 19.4. The number of rotatable bonds is 2. The Balaban J connectivity index is 1.67. The average Bonchev–Trinajstić information content (AvgIpc) is 3.05. The molecular formula is C26H18BrNO4. The van der Waals surface area contributed by atoms with Crippen molar-refractivity contribution in [2.45, 2.75) is 18.3 Å². The number of carboxylic acids is 1. The number of carboxylic acid groups (broad SMARTS) is 1. The maximum atomic E-state index is 13.9. The number of nitrogens with zero attached hydrogens (tertiary/aromatic N) is 1. The molecular weight excluding hydrogens is 470 g/mol. The van der Waals surface area contributed by atoms with Crippen LogP contribution in [0.3, 0.4) is 0 Å². The Labute approximate surface area is 192 Å². The van der Waals surface area contributed by atoms with Crippen LogP contribution in [0.2, 0.25) is 0 Å². The van der Waals surface area contributed by atoms with Crippen molar-refractivity contribution in [3.05, 3.63) is 99.0 Å². The molecule has 1 heterocycles. The fourth-order valence-electron chi connectivity index (χ4n) is 6.17. The smallest absolute Gasteiger partial charge is 0.319 e. The van der Waals surface area contributed by atoms with Crippen LogP contribution in [0.5, 0.6) is 0 Å². The van der Waals surface area contributed by atoms with Gasteiger partial charge in [-0.2, -0.15) is 0 Å². The van der Waals surface area contributed by atoms with E-state index < -0.39 is 29.1 Å². The highest BCUT2D eigenvalue weighted by molar-refractivity contribution is 9.10. The number of aryl methyl sites for hydroxylation is 1. The zero-order valence-electron chi connectivity index (χ0n) is 17.1. The lowest BCUT2D eigenvalue weighted by Crippen LogP contribution is -2.57. The predicted molar refractivity (Wildman–Crippen MR) is 121 cm³/mol. The van der Waals surface area contributed by atoms with Gasteiger partial charge in [0.15, 0.2) is 0 Å². The van der Waals surface area contributed by atoms with Gasteiger partial charge in [-0.05, 0) is 62.8 Å². The second-order valence-corrected chi connectivity index (χ2v) is 9.59. The Morgan fingerprint density at radius 3 is 2.09 bits per heavy atom. The summed E-state index contributed by atoms with van der Waals surface area (Å²) in [6.07, 6.45) is 0. The topological polar surface area (TPSA) is 74.7 Å². The minimum Gasteiger partial charge on any atom is -0.480 e. The van der Waals surface area contributed by atoms with Crippen molar-refractivity contribution >= 4 is 39.4 Å². The molecule has 3 aromatic rings. The van der Waals surface area contributed by atoms with Gasteiger partial charge >= 0.3 is 5.97 Å². The Morgan fingerprint density at radius 1 is 0.938 bits per heavy atom. The van der Waals surface area contributed by atoms with E-state index in [4.69, 9.17) is 0 Å². The summed E-state index contributed by atoms with van der Waals surface area (Å²) in [5, 5.41) is 10.7. The highest BCUT2D eigenvalue weighted by Crippen LogP contribution is 2.64. The second kappa shape index (κ2) is 6.39. The molecule has 32 heavy (non-hydrogen) atoms. The quantitative estimate of drug-likeness (QED) is 0.543. The van der Waals surface area contributed by atoms with Crippen LogP contribution in [0.25, 0.3) is 0 Å². The van der Waals surface area contributed by atoms with E-state index in [1.165, 1.54) is 4.90 Å². The van der Waals surface area contributed by atoms with E-state index in [1.54, 1.807) is 30.3 Å². The van der Waals surface area contributed by atoms with Crippen LogP contribution < -0.4 is 4.90 Å². The fourth-order valence-corrected chi connectivity index (χ4v) is 6.84. The second-order valence-electron chi connectivity index (χ2n) is 8.74. The van der Waals surface area contributed by atoms with E-state index in [0.717, 1.165) is 16.7 Å². The van der Waals surface area contributed by atoms with Gasteiger partial charge < -0.3 is 5.11 Å². The van der Waals surface area contributed by atoms with Gasteiger partial charge in [0.1, 0.15) is 5.41 Å². The Bertz CT molecular complexity index is 1320. The normalized spacial score (nSPS) is 27.2. The number of halogens is 1. The van der Waals surface area contributed by atoms with Crippen LogP contribution in [0.1, 0.15) is 33.7 Å². The minimum absolute atomic E-state index is 0.343. The van der Waals surface area contributed by atoms with Crippen molar-refractivity contribution in [1.82, 2.24) is 0 Å². The molecule has 0 saturated carbocycles. The molecule has 3 aromatic carbocycles. The summed E-state index contributed by atoms with van der Waals surface area (Å²) in [6, 6.07) is 20.1. The average molecular weight is 488 g/mol. The third kappa shape index (κ3) is 2.11. The molecule has 4 aliphatic rings. The third-order valence-corrected chi connectivity index (χ3v) is 7.93. The summed E-state index contributed by atoms with van der Waals surface area (Å²) in [5.41, 5.74) is 2.70. The lowest BCUT2D eigenvalue weighted by molar-refractivity contribution is -0.149. The van der Waals surface area contributed by atoms with E-state index in [0.29, 0.717) is 21.3 Å². The molecule has 6 heteroatoms. The van der Waals surface area contributed by atoms with Gasteiger partial charge in [0.05, 0.1) is 17.5 Å². The summed E-state index contributed by atoms with van der Waals surface area (Å²) in [5.74, 6) is -4.03. The molecule has 2 bridgehead atoms. The number of amides is 2. The third-order valence-electron chi connectivity index (χ3n) is 7.30. The van der Waals surface area contributed by atoms with E-state index in [9.17, 15) is 19.5 Å². The Kier molecular flexibility index (Phi) is 3.88. The van der Waals surface area contributed by atoms with Crippen LogP contribution in [-0.4, -0.2) is 22.9 Å². The molecule has 2 amide bonds. The summed E-state index contributed by atoms with van der Waals surface area (Å²) in [4.78, 5) is 42.1. The van der Waals surface area contributed by atoms with Gasteiger partial charge in [-0.15, -0.1) is 0 Å². The molecule has 1 N–H and O–H groups in total. The van der Waals surface area contributed by atoms with Crippen LogP contribution >= 0.6 is 15.9 Å². The van der Waals surface area contributed by atoms with Gasteiger partial charge in [0.2, 0.25) is 11.8 Å². The maximum absolute atomic E-state index is 13.9. The lowest BCUT2D eigenvalue weighted by atomic mass is 9.47. The molecule has 1 aliphatic heterocycles. The highest BCUT2D eigenvalue weighted by Gasteiger charge is 2.71. The largest absolute Gasteiger partial charge is 0.480 e. The molecule has 0 aromatic heterocycles. The van der Waals surface area contributed by atoms with Gasteiger partial charge in [0.25, 0.3) is 0 Å². The molecule has 1 fully saturated rings. The standard InChI is InChI=1S/C26H18BrNO4/c1-13-10-11-19(18(27)12-13)28-23(29)21-20-14-6-2-4-8-16(14)26(25(31)32,22(21)24(28)30)17-9-5-3-7-15(17)20/h2-12,20-22H,1H3,(H,31,32). The number of hydrogen-bond donors (Lipinski definition) is 1. The number of benzene rings is 3. The first-order valence-corrected chi connectivity index (χ1v) is 11.2. The van der Waals surface area contributed by atoms with Gasteiger partial charge in [-0.3, -0.25) is 14.4 Å². The Hall–Kier alpha value is -3.25. The zero-order valence-corrected chi connectivity index (χ0v) is 18.7. The van der Waals surface area contributed by atoms with Crippen molar-refractivity contribution in [2.75, 3.05) is 4.90 Å². The lowest BCUT2D eigenvalue weighted by Gasteiger charge is -2.51.